The first-order valence-electron chi connectivity index (χ1n) is 4.49. The van der Waals surface area contributed by atoms with E-state index in [1.165, 1.54) is 19.3 Å². The summed E-state index contributed by atoms with van der Waals surface area (Å²) in [6.07, 6.45) is 3.95. The first kappa shape index (κ1) is 10.9. The molecule has 0 aliphatic heterocycles. The van der Waals surface area contributed by atoms with Crippen LogP contribution in [0.3, 0.4) is 0 Å². The molecule has 0 aromatic rings. The van der Waals surface area contributed by atoms with Gasteiger partial charge in [0.25, 0.3) is 0 Å². The number of unbranched alkanes of at least 4 members (excludes halogenated alkanes) is 1. The molecule has 0 aromatic heterocycles. The van der Waals surface area contributed by atoms with Gasteiger partial charge in [-0.25, -0.2) is 0 Å². The lowest BCUT2D eigenvalue weighted by molar-refractivity contribution is 0.292. The molecule has 1 atom stereocenters. The van der Waals surface area contributed by atoms with Crippen molar-refractivity contribution in [3.8, 4) is 0 Å². The second kappa shape index (κ2) is 6.62. The molecule has 0 bridgehead atoms. The van der Waals surface area contributed by atoms with Gasteiger partial charge in [-0.2, -0.15) is 0 Å². The lowest BCUT2D eigenvalue weighted by Gasteiger charge is -2.19. The maximum absolute atomic E-state index is 3.16. The molecule has 0 aliphatic carbocycles. The van der Waals surface area contributed by atoms with Gasteiger partial charge in [-0.15, -0.1) is 0 Å². The van der Waals surface area contributed by atoms with Crippen molar-refractivity contribution in [2.24, 2.45) is 0 Å². The van der Waals surface area contributed by atoms with Gasteiger partial charge < -0.3 is 10.2 Å². The summed E-state index contributed by atoms with van der Waals surface area (Å²) < 4.78 is 0. The zero-order valence-corrected chi connectivity index (χ0v) is 8.35. The summed E-state index contributed by atoms with van der Waals surface area (Å²) in [5.74, 6) is 0. The van der Waals surface area contributed by atoms with Gasteiger partial charge in [0.2, 0.25) is 0 Å². The second-order valence-corrected chi connectivity index (χ2v) is 3.41. The summed E-state index contributed by atoms with van der Waals surface area (Å²) in [5.41, 5.74) is 0. The van der Waals surface area contributed by atoms with E-state index in [-0.39, 0.29) is 0 Å². The number of rotatable bonds is 6. The first-order valence-corrected chi connectivity index (χ1v) is 4.49. The van der Waals surface area contributed by atoms with E-state index < -0.39 is 0 Å². The highest BCUT2D eigenvalue weighted by Gasteiger charge is 2.02. The Labute approximate surface area is 71.0 Å². The average Bonchev–Trinajstić information content (AvgIpc) is 1.97. The van der Waals surface area contributed by atoms with Crippen LogP contribution in [0, 0.1) is 0 Å². The van der Waals surface area contributed by atoms with Crippen molar-refractivity contribution in [2.75, 3.05) is 27.7 Å². The molecule has 2 nitrogen and oxygen atoms in total. The predicted octanol–water partition coefficient (Wildman–Crippen LogP) is 1.33. The van der Waals surface area contributed by atoms with E-state index in [9.17, 15) is 0 Å². The summed E-state index contributed by atoms with van der Waals surface area (Å²) in [5, 5.41) is 3.16. The molecule has 1 N–H and O–H groups in total. The molecule has 0 rings (SSSR count). The zero-order chi connectivity index (χ0) is 8.69. The molecule has 0 aliphatic rings. The van der Waals surface area contributed by atoms with Crippen LogP contribution in [0.4, 0.5) is 0 Å². The molecule has 0 spiro atoms. The van der Waals surface area contributed by atoms with Crippen molar-refractivity contribution in [1.29, 1.82) is 0 Å². The molecule has 0 saturated heterocycles. The first-order chi connectivity index (χ1) is 5.18. The molecule has 0 saturated carbocycles. The van der Waals surface area contributed by atoms with E-state index in [2.05, 4.69) is 31.2 Å². The lowest BCUT2D eigenvalue weighted by atomic mass is 10.1. The predicted molar refractivity (Wildman–Crippen MR) is 50.9 cm³/mol. The van der Waals surface area contributed by atoms with Crippen molar-refractivity contribution in [2.45, 2.75) is 32.2 Å². The van der Waals surface area contributed by atoms with Crippen LogP contribution in [0.5, 0.6) is 0 Å². The van der Waals surface area contributed by atoms with Gasteiger partial charge in [-0.1, -0.05) is 6.42 Å². The monoisotopic (exact) mass is 158 g/mol. The summed E-state index contributed by atoms with van der Waals surface area (Å²) in [6.45, 7) is 3.43. The van der Waals surface area contributed by atoms with E-state index in [4.69, 9.17) is 0 Å². The highest BCUT2D eigenvalue weighted by Crippen LogP contribution is 2.03. The third kappa shape index (κ3) is 6.32. The van der Waals surface area contributed by atoms with Gasteiger partial charge in [0.1, 0.15) is 0 Å². The molecular weight excluding hydrogens is 136 g/mol. The minimum Gasteiger partial charge on any atom is -0.320 e. The van der Waals surface area contributed by atoms with Crippen molar-refractivity contribution in [3.05, 3.63) is 0 Å². The lowest BCUT2D eigenvalue weighted by Crippen LogP contribution is -2.24. The highest BCUT2D eigenvalue weighted by molar-refractivity contribution is 4.59. The number of nitrogens with zero attached hydrogens (tertiary/aromatic N) is 1. The quantitative estimate of drug-likeness (QED) is 0.587. The summed E-state index contributed by atoms with van der Waals surface area (Å²) >= 11 is 0. The van der Waals surface area contributed by atoms with Crippen molar-refractivity contribution < 1.29 is 0 Å². The SMILES string of the molecule is CNCCCCC(C)N(C)C. The summed E-state index contributed by atoms with van der Waals surface area (Å²) in [7, 11) is 6.29. The Morgan fingerprint density at radius 3 is 2.36 bits per heavy atom. The van der Waals surface area contributed by atoms with Crippen LogP contribution in [0.15, 0.2) is 0 Å². The van der Waals surface area contributed by atoms with Crippen LogP contribution in [0.1, 0.15) is 26.2 Å². The van der Waals surface area contributed by atoms with Crippen molar-refractivity contribution >= 4 is 0 Å². The van der Waals surface area contributed by atoms with Gasteiger partial charge in [0, 0.05) is 6.04 Å². The number of nitrogens with one attached hydrogen (secondary N) is 1. The fraction of sp³-hybridized carbons (Fsp3) is 1.00. The molecule has 0 amide bonds. The largest absolute Gasteiger partial charge is 0.320 e. The molecule has 0 radical (unpaired) electrons. The second-order valence-electron chi connectivity index (χ2n) is 3.41. The van der Waals surface area contributed by atoms with Gasteiger partial charge in [0.15, 0.2) is 0 Å². The van der Waals surface area contributed by atoms with Crippen LogP contribution in [0.25, 0.3) is 0 Å². The maximum atomic E-state index is 3.16. The normalized spacial score (nSPS) is 13.9. The smallest absolute Gasteiger partial charge is 0.00608 e. The summed E-state index contributed by atoms with van der Waals surface area (Å²) in [6, 6.07) is 0.729. The topological polar surface area (TPSA) is 15.3 Å². The Kier molecular flexibility index (Phi) is 6.57. The average molecular weight is 158 g/mol. The molecular formula is C9H22N2. The molecule has 0 aromatic carbocycles. The maximum Gasteiger partial charge on any atom is 0.00608 e. The zero-order valence-electron chi connectivity index (χ0n) is 8.35. The van der Waals surface area contributed by atoms with Crippen molar-refractivity contribution in [1.82, 2.24) is 10.2 Å². The van der Waals surface area contributed by atoms with Crippen LogP contribution >= 0.6 is 0 Å². The third-order valence-electron chi connectivity index (χ3n) is 2.18. The third-order valence-corrected chi connectivity index (χ3v) is 2.18. The molecule has 1 unspecified atom stereocenters. The van der Waals surface area contributed by atoms with E-state index >= 15 is 0 Å². The minimum atomic E-state index is 0.729. The van der Waals surface area contributed by atoms with Crippen LogP contribution in [-0.2, 0) is 0 Å². The molecule has 2 heteroatoms. The molecule has 68 valence electrons. The molecule has 0 heterocycles. The number of hydrogen-bond acceptors (Lipinski definition) is 2. The van der Waals surface area contributed by atoms with E-state index in [1.54, 1.807) is 0 Å². The van der Waals surface area contributed by atoms with Gasteiger partial charge in [-0.05, 0) is 47.5 Å². The fourth-order valence-corrected chi connectivity index (χ4v) is 1.000. The van der Waals surface area contributed by atoms with E-state index in [0.717, 1.165) is 12.6 Å². The van der Waals surface area contributed by atoms with E-state index in [1.807, 2.05) is 7.05 Å². The van der Waals surface area contributed by atoms with Gasteiger partial charge in [0.05, 0.1) is 0 Å². The Morgan fingerprint density at radius 2 is 1.91 bits per heavy atom. The summed E-state index contributed by atoms with van der Waals surface area (Å²) in [4.78, 5) is 2.28. The minimum absolute atomic E-state index is 0.729. The fourth-order valence-electron chi connectivity index (χ4n) is 1.000. The van der Waals surface area contributed by atoms with Gasteiger partial charge in [-0.3, -0.25) is 0 Å². The Morgan fingerprint density at radius 1 is 1.27 bits per heavy atom. The number of hydrogen-bond donors (Lipinski definition) is 1. The highest BCUT2D eigenvalue weighted by atomic mass is 15.1. The standard InChI is InChI=1S/C9H22N2/c1-9(11(3)4)7-5-6-8-10-2/h9-10H,5-8H2,1-4H3. The van der Waals surface area contributed by atoms with Crippen molar-refractivity contribution in [3.63, 3.8) is 0 Å². The Balaban J connectivity index is 3.10. The molecule has 11 heavy (non-hydrogen) atoms. The molecule has 0 fully saturated rings. The Bertz CT molecular complexity index is 81.6. The Hall–Kier alpha value is -0.0800. The van der Waals surface area contributed by atoms with Crippen LogP contribution in [-0.4, -0.2) is 38.6 Å². The van der Waals surface area contributed by atoms with E-state index in [0.29, 0.717) is 0 Å². The van der Waals surface area contributed by atoms with Crippen LogP contribution in [0.2, 0.25) is 0 Å². The van der Waals surface area contributed by atoms with Gasteiger partial charge >= 0.3 is 0 Å². The van der Waals surface area contributed by atoms with Crippen LogP contribution < -0.4 is 5.32 Å².